The van der Waals surface area contributed by atoms with E-state index in [9.17, 15) is 8.42 Å². The van der Waals surface area contributed by atoms with E-state index in [4.69, 9.17) is 4.74 Å². The van der Waals surface area contributed by atoms with Crippen molar-refractivity contribution in [2.75, 3.05) is 31.3 Å². The average molecular weight is 299 g/mol. The van der Waals surface area contributed by atoms with Crippen molar-refractivity contribution in [1.29, 1.82) is 0 Å². The maximum atomic E-state index is 11.7. The van der Waals surface area contributed by atoms with Gasteiger partial charge in [-0.15, -0.1) is 0 Å². The van der Waals surface area contributed by atoms with Crippen LogP contribution in [-0.4, -0.2) is 34.4 Å². The zero-order chi connectivity index (χ0) is 15.2. The molecule has 1 rings (SSSR count). The molecule has 0 fully saturated rings. The number of methoxy groups -OCH3 is 1. The minimum atomic E-state index is -3.11. The largest absolute Gasteiger partial charge is 0.385 e. The van der Waals surface area contributed by atoms with Crippen LogP contribution in [0, 0.1) is 5.41 Å². The molecule has 1 N–H and O–H groups in total. The molecule has 1 aromatic rings. The minimum Gasteiger partial charge on any atom is -0.385 e. The number of benzene rings is 1. The smallest absolute Gasteiger partial charge is 0.178 e. The fraction of sp³-hybridized carbons (Fsp3) is 0.600. The van der Waals surface area contributed by atoms with E-state index in [0.717, 1.165) is 25.3 Å². The lowest BCUT2D eigenvalue weighted by molar-refractivity contribution is 0.157. The second-order valence-corrected chi connectivity index (χ2v) is 7.97. The Bertz CT molecular complexity index is 506. The molecule has 20 heavy (non-hydrogen) atoms. The summed E-state index contributed by atoms with van der Waals surface area (Å²) < 4.78 is 28.5. The number of hydrogen-bond donors (Lipinski definition) is 1. The quantitative estimate of drug-likeness (QED) is 0.802. The summed E-state index contributed by atoms with van der Waals surface area (Å²) in [6.45, 7) is 7.56. The van der Waals surface area contributed by atoms with Crippen LogP contribution in [0.25, 0.3) is 0 Å². The van der Waals surface area contributed by atoms with Crippen LogP contribution >= 0.6 is 0 Å². The molecular formula is C15H25NO3S. The SMILES string of the molecule is CCS(=O)(=O)c1ccc(NCC(C)(C)CCOC)cc1. The summed E-state index contributed by atoms with van der Waals surface area (Å²) in [5.41, 5.74) is 1.06. The summed E-state index contributed by atoms with van der Waals surface area (Å²) in [5.74, 6) is 0.129. The van der Waals surface area contributed by atoms with Crippen molar-refractivity contribution in [2.45, 2.75) is 32.1 Å². The van der Waals surface area contributed by atoms with Crippen LogP contribution in [0.4, 0.5) is 5.69 Å². The first-order valence-corrected chi connectivity index (χ1v) is 8.51. The van der Waals surface area contributed by atoms with Crippen molar-refractivity contribution in [3.05, 3.63) is 24.3 Å². The van der Waals surface area contributed by atoms with E-state index >= 15 is 0 Å². The van der Waals surface area contributed by atoms with Crippen LogP contribution in [0.1, 0.15) is 27.2 Å². The number of hydrogen-bond acceptors (Lipinski definition) is 4. The van der Waals surface area contributed by atoms with Gasteiger partial charge in [0.2, 0.25) is 0 Å². The van der Waals surface area contributed by atoms with Crippen LogP contribution in [0.2, 0.25) is 0 Å². The van der Waals surface area contributed by atoms with Crippen molar-refractivity contribution in [2.24, 2.45) is 5.41 Å². The molecule has 0 radical (unpaired) electrons. The van der Waals surface area contributed by atoms with E-state index < -0.39 is 9.84 Å². The van der Waals surface area contributed by atoms with E-state index in [0.29, 0.717) is 4.90 Å². The van der Waals surface area contributed by atoms with E-state index in [1.54, 1.807) is 26.2 Å². The molecule has 0 aliphatic rings. The van der Waals surface area contributed by atoms with Gasteiger partial charge in [-0.3, -0.25) is 0 Å². The molecule has 0 saturated heterocycles. The van der Waals surface area contributed by atoms with Gasteiger partial charge >= 0.3 is 0 Å². The van der Waals surface area contributed by atoms with Crippen molar-refractivity contribution < 1.29 is 13.2 Å². The Kier molecular flexibility index (Phi) is 6.02. The Balaban J connectivity index is 2.63. The van der Waals surface area contributed by atoms with Gasteiger partial charge < -0.3 is 10.1 Å². The topological polar surface area (TPSA) is 55.4 Å². The number of nitrogens with one attached hydrogen (secondary N) is 1. The normalized spacial score (nSPS) is 12.4. The Hall–Kier alpha value is -1.07. The molecule has 0 heterocycles. The van der Waals surface area contributed by atoms with Crippen LogP contribution in [0.15, 0.2) is 29.2 Å². The highest BCUT2D eigenvalue weighted by molar-refractivity contribution is 7.91. The zero-order valence-corrected chi connectivity index (χ0v) is 13.6. The van der Waals surface area contributed by atoms with Gasteiger partial charge in [-0.25, -0.2) is 8.42 Å². The number of rotatable bonds is 8. The lowest BCUT2D eigenvalue weighted by atomic mass is 9.89. The minimum absolute atomic E-state index is 0.129. The number of anilines is 1. The summed E-state index contributed by atoms with van der Waals surface area (Å²) in [6, 6.07) is 6.94. The van der Waals surface area contributed by atoms with E-state index in [2.05, 4.69) is 19.2 Å². The Morgan fingerprint density at radius 2 is 1.80 bits per heavy atom. The summed E-state index contributed by atoms with van der Waals surface area (Å²) in [4.78, 5) is 0.379. The average Bonchev–Trinajstić information content (AvgIpc) is 2.43. The molecule has 0 aliphatic carbocycles. The Morgan fingerprint density at radius 1 is 1.20 bits per heavy atom. The molecule has 0 aliphatic heterocycles. The first-order chi connectivity index (χ1) is 9.30. The Morgan fingerprint density at radius 3 is 2.30 bits per heavy atom. The number of sulfone groups is 1. The predicted octanol–water partition coefficient (Wildman–Crippen LogP) is 2.95. The molecule has 0 unspecified atom stereocenters. The molecule has 0 spiro atoms. The lowest BCUT2D eigenvalue weighted by Crippen LogP contribution is -2.24. The van der Waals surface area contributed by atoms with E-state index in [1.165, 1.54) is 0 Å². The highest BCUT2D eigenvalue weighted by atomic mass is 32.2. The van der Waals surface area contributed by atoms with Gasteiger partial charge in [-0.05, 0) is 36.1 Å². The first kappa shape index (κ1) is 17.0. The van der Waals surface area contributed by atoms with Gasteiger partial charge in [0.1, 0.15) is 0 Å². The summed E-state index contributed by atoms with van der Waals surface area (Å²) in [6.07, 6.45) is 0.971. The second kappa shape index (κ2) is 7.09. The van der Waals surface area contributed by atoms with Crippen molar-refractivity contribution in [3.63, 3.8) is 0 Å². The van der Waals surface area contributed by atoms with Crippen LogP contribution in [-0.2, 0) is 14.6 Å². The van der Waals surface area contributed by atoms with Crippen LogP contribution < -0.4 is 5.32 Å². The third-order valence-corrected chi connectivity index (χ3v) is 5.10. The molecule has 0 aromatic heterocycles. The molecule has 114 valence electrons. The second-order valence-electron chi connectivity index (χ2n) is 5.69. The zero-order valence-electron chi connectivity index (χ0n) is 12.8. The monoisotopic (exact) mass is 299 g/mol. The first-order valence-electron chi connectivity index (χ1n) is 6.86. The third kappa shape index (κ3) is 5.13. The van der Waals surface area contributed by atoms with Crippen LogP contribution in [0.3, 0.4) is 0 Å². The molecule has 0 saturated carbocycles. The van der Waals surface area contributed by atoms with Crippen molar-refractivity contribution in [1.82, 2.24) is 0 Å². The van der Waals surface area contributed by atoms with Crippen molar-refractivity contribution in [3.8, 4) is 0 Å². The van der Waals surface area contributed by atoms with E-state index in [-0.39, 0.29) is 11.2 Å². The lowest BCUT2D eigenvalue weighted by Gasteiger charge is -2.25. The Labute approximate surface area is 122 Å². The molecule has 0 amide bonds. The maximum absolute atomic E-state index is 11.7. The summed E-state index contributed by atoms with van der Waals surface area (Å²) >= 11 is 0. The number of ether oxygens (including phenoxy) is 1. The van der Waals surface area contributed by atoms with Crippen LogP contribution in [0.5, 0.6) is 0 Å². The highest BCUT2D eigenvalue weighted by Gasteiger charge is 2.17. The standard InChI is InChI=1S/C15H25NO3S/c1-5-20(17,18)14-8-6-13(7-9-14)16-12-15(2,3)10-11-19-4/h6-9,16H,5,10-12H2,1-4H3. The van der Waals surface area contributed by atoms with Gasteiger partial charge in [-0.1, -0.05) is 20.8 Å². The van der Waals surface area contributed by atoms with Gasteiger partial charge in [0.25, 0.3) is 0 Å². The van der Waals surface area contributed by atoms with Gasteiger partial charge in [0.05, 0.1) is 10.6 Å². The highest BCUT2D eigenvalue weighted by Crippen LogP contribution is 2.22. The van der Waals surface area contributed by atoms with Gasteiger partial charge in [0, 0.05) is 25.9 Å². The molecule has 0 bridgehead atoms. The van der Waals surface area contributed by atoms with Gasteiger partial charge in [0.15, 0.2) is 9.84 Å². The fourth-order valence-electron chi connectivity index (χ4n) is 1.75. The van der Waals surface area contributed by atoms with Gasteiger partial charge in [-0.2, -0.15) is 0 Å². The molecule has 5 heteroatoms. The fourth-order valence-corrected chi connectivity index (χ4v) is 2.64. The van der Waals surface area contributed by atoms with E-state index in [1.807, 2.05) is 12.1 Å². The molecular weight excluding hydrogens is 274 g/mol. The summed E-state index contributed by atoms with van der Waals surface area (Å²) in [5, 5.41) is 3.34. The maximum Gasteiger partial charge on any atom is 0.178 e. The predicted molar refractivity (Wildman–Crippen MR) is 82.9 cm³/mol. The van der Waals surface area contributed by atoms with Crippen molar-refractivity contribution >= 4 is 15.5 Å². The summed E-state index contributed by atoms with van der Waals surface area (Å²) in [7, 11) is -1.41. The third-order valence-electron chi connectivity index (χ3n) is 3.35. The molecule has 1 aromatic carbocycles. The molecule has 0 atom stereocenters. The molecule has 4 nitrogen and oxygen atoms in total.